The van der Waals surface area contributed by atoms with Gasteiger partial charge in [0.25, 0.3) is 0 Å². The maximum absolute atomic E-state index is 13.1. The topological polar surface area (TPSA) is 103 Å². The third-order valence-electron chi connectivity index (χ3n) is 3.36. The van der Waals surface area contributed by atoms with Crippen molar-refractivity contribution < 1.29 is 34.2 Å². The molecule has 2 aromatic carbocycles. The molecule has 0 radical (unpaired) electrons. The Morgan fingerprint density at radius 3 is 2.54 bits per heavy atom. The number of carboxylic acid groups (broad SMARTS) is 2. The van der Waals surface area contributed by atoms with Crippen LogP contribution >= 0.6 is 0 Å². The molecule has 6 nitrogen and oxygen atoms in total. The third kappa shape index (κ3) is 8.65. The van der Waals surface area contributed by atoms with Crippen LogP contribution in [0.3, 0.4) is 0 Å². The number of halogens is 1. The van der Waals surface area contributed by atoms with Crippen LogP contribution in [0.2, 0.25) is 0 Å². The van der Waals surface area contributed by atoms with Crippen molar-refractivity contribution in [2.75, 3.05) is 13.1 Å². The Morgan fingerprint density at radius 1 is 1.25 bits per heavy atom. The number of nitrogens with two attached hydrogens (primary N) is 1. The van der Waals surface area contributed by atoms with E-state index in [0.717, 1.165) is 29.0 Å². The lowest BCUT2D eigenvalue weighted by atomic mass is 10.1. The van der Waals surface area contributed by atoms with Gasteiger partial charge >= 0.3 is 5.97 Å². The van der Waals surface area contributed by atoms with Crippen LogP contribution in [-0.4, -0.2) is 30.1 Å². The van der Waals surface area contributed by atoms with Gasteiger partial charge in [-0.2, -0.15) is 0 Å². The number of rotatable bonds is 7. The van der Waals surface area contributed by atoms with Gasteiger partial charge in [0.1, 0.15) is 31.3 Å². The van der Waals surface area contributed by atoms with Crippen molar-refractivity contribution in [1.29, 1.82) is 0 Å². The predicted molar refractivity (Wildman–Crippen MR) is 99.3 cm³/mol. The molecule has 7 heteroatoms. The van der Waals surface area contributed by atoms with Crippen LogP contribution in [0.25, 0.3) is 5.57 Å². The highest BCUT2D eigenvalue weighted by atomic mass is 19.1. The van der Waals surface area contributed by atoms with E-state index in [4.69, 9.17) is 31.0 Å². The molecule has 0 aliphatic heterocycles. The summed E-state index contributed by atoms with van der Waals surface area (Å²) in [7, 11) is 0. The minimum Gasteiger partial charge on any atom is -0.539 e. The highest BCUT2D eigenvalue weighted by Gasteiger charge is 2.03. The Hall–Kier alpha value is -3.63. The van der Waals surface area contributed by atoms with Crippen LogP contribution in [-0.2, 0) is 16.2 Å². The molecule has 0 aliphatic carbocycles. The number of ether oxygens (including phenoxy) is 1. The van der Waals surface area contributed by atoms with E-state index in [1.54, 1.807) is 6.07 Å². The van der Waals surface area contributed by atoms with Crippen molar-refractivity contribution in [3.05, 3.63) is 72.1 Å². The summed E-state index contributed by atoms with van der Waals surface area (Å²) in [5.41, 5.74) is 2.81. The normalized spacial score (nSPS) is 9.43. The van der Waals surface area contributed by atoms with Gasteiger partial charge in [0.2, 0.25) is 0 Å². The summed E-state index contributed by atoms with van der Waals surface area (Å²) >= 11 is 0. The average Bonchev–Trinajstić information content (AvgIpc) is 2.67. The van der Waals surface area contributed by atoms with Crippen molar-refractivity contribution in [1.82, 2.24) is 0 Å². The highest BCUT2D eigenvalue weighted by molar-refractivity contribution is 6.26. The van der Waals surface area contributed by atoms with Crippen molar-refractivity contribution in [3.8, 4) is 18.1 Å². The molecule has 0 saturated heterocycles. The molecule has 0 atom stereocenters. The van der Waals surface area contributed by atoms with Gasteiger partial charge in [-0.25, -0.2) is 9.18 Å². The van der Waals surface area contributed by atoms with Crippen LogP contribution in [0, 0.1) is 18.2 Å². The van der Waals surface area contributed by atoms with Crippen LogP contribution in [0.1, 0.15) is 11.1 Å². The van der Waals surface area contributed by atoms with Crippen LogP contribution in [0.15, 0.2) is 55.1 Å². The smallest absolute Gasteiger partial charge is 0.351 e. The summed E-state index contributed by atoms with van der Waals surface area (Å²) in [6.45, 7) is 5.77. The number of carbonyl (C=O) groups is 2. The Morgan fingerprint density at radius 2 is 1.93 bits per heavy atom. The Kier molecular flexibility index (Phi) is 9.51. The van der Waals surface area contributed by atoms with Gasteiger partial charge in [-0.05, 0) is 41.3 Å². The van der Waals surface area contributed by atoms with E-state index in [1.807, 2.05) is 35.6 Å². The molecular formula is C21H20FNO5. The van der Waals surface area contributed by atoms with E-state index >= 15 is 0 Å². The minimum absolute atomic E-state index is 0.257. The standard InChI is InChI=1S/C19H18FNO.C2H2O4/c1-3-10-21-13-15(2)17-7-5-9-19(12-17)22-14-16-6-4-8-18(20)11-16;3-1(4)2(5)6/h1,4-9,11-12,21H,2,10,13-14H2;(H,3,4)(H,5,6). The first-order valence-electron chi connectivity index (χ1n) is 8.18. The lowest BCUT2D eigenvalue weighted by Crippen LogP contribution is -2.84. The summed E-state index contributed by atoms with van der Waals surface area (Å²) in [6.07, 6.45) is 5.23. The minimum atomic E-state index is -2.07. The van der Waals surface area contributed by atoms with Gasteiger partial charge in [0.05, 0.1) is 0 Å². The van der Waals surface area contributed by atoms with Crippen LogP contribution in [0.4, 0.5) is 4.39 Å². The molecule has 146 valence electrons. The molecule has 0 aliphatic rings. The summed E-state index contributed by atoms with van der Waals surface area (Å²) in [4.78, 5) is 18.0. The van der Waals surface area contributed by atoms with Gasteiger partial charge in [0.15, 0.2) is 5.97 Å². The molecular weight excluding hydrogens is 365 g/mol. The molecule has 2 rings (SSSR count). The van der Waals surface area contributed by atoms with Crippen molar-refractivity contribution in [2.24, 2.45) is 0 Å². The van der Waals surface area contributed by atoms with Crippen LogP contribution < -0.4 is 15.2 Å². The molecule has 2 aromatic rings. The maximum Gasteiger partial charge on any atom is 0.351 e. The number of carbonyl (C=O) groups excluding carboxylic acids is 1. The number of aliphatic carboxylic acids is 2. The molecule has 0 saturated carbocycles. The molecule has 0 bridgehead atoms. The van der Waals surface area contributed by atoms with E-state index in [9.17, 15) is 4.39 Å². The van der Waals surface area contributed by atoms with Gasteiger partial charge < -0.3 is 25.1 Å². The number of benzene rings is 2. The van der Waals surface area contributed by atoms with Crippen molar-refractivity contribution in [2.45, 2.75) is 6.61 Å². The number of carboxylic acids is 2. The molecule has 0 unspecified atom stereocenters. The lowest BCUT2D eigenvalue weighted by molar-refractivity contribution is -0.632. The average molecular weight is 385 g/mol. The fraction of sp³-hybridized carbons (Fsp3) is 0.143. The van der Waals surface area contributed by atoms with E-state index in [-0.39, 0.29) is 5.82 Å². The number of hydrogen-bond acceptors (Lipinski definition) is 4. The predicted octanol–water partition coefficient (Wildman–Crippen LogP) is 0.435. The van der Waals surface area contributed by atoms with Gasteiger partial charge in [-0.15, -0.1) is 6.42 Å². The largest absolute Gasteiger partial charge is 0.539 e. The number of terminal acetylenes is 1. The summed E-state index contributed by atoms with van der Waals surface area (Å²) in [5.74, 6) is -0.953. The summed E-state index contributed by atoms with van der Waals surface area (Å²) < 4.78 is 18.8. The maximum atomic E-state index is 13.1. The SMILES string of the molecule is C#CC[NH2+]CC(=C)c1cccc(OCc2cccc(F)c2)c1.O=C([O-])C(=O)O. The third-order valence-corrected chi connectivity index (χ3v) is 3.36. The second-order valence-electron chi connectivity index (χ2n) is 5.54. The zero-order chi connectivity index (χ0) is 20.9. The monoisotopic (exact) mass is 385 g/mol. The lowest BCUT2D eigenvalue weighted by Gasteiger charge is -2.09. The molecule has 0 aromatic heterocycles. The van der Waals surface area contributed by atoms with Crippen molar-refractivity contribution in [3.63, 3.8) is 0 Å². The van der Waals surface area contributed by atoms with Crippen LogP contribution in [0.5, 0.6) is 5.75 Å². The number of hydrogen-bond donors (Lipinski definition) is 2. The van der Waals surface area contributed by atoms with Crippen molar-refractivity contribution >= 4 is 17.5 Å². The Balaban J connectivity index is 0.000000568. The molecule has 3 N–H and O–H groups in total. The molecule has 0 fully saturated rings. The quantitative estimate of drug-likeness (QED) is 0.409. The zero-order valence-electron chi connectivity index (χ0n) is 15.1. The first-order valence-corrected chi connectivity index (χ1v) is 8.18. The molecule has 0 heterocycles. The van der Waals surface area contributed by atoms with Gasteiger partial charge in [0, 0.05) is 5.57 Å². The summed E-state index contributed by atoms with van der Waals surface area (Å²) in [6, 6.07) is 14.1. The fourth-order valence-corrected chi connectivity index (χ4v) is 2.05. The Labute approximate surface area is 162 Å². The Bertz CT molecular complexity index is 861. The summed E-state index contributed by atoms with van der Waals surface area (Å²) in [5, 5.41) is 18.3. The van der Waals surface area contributed by atoms with E-state index < -0.39 is 11.9 Å². The van der Waals surface area contributed by atoms with E-state index in [1.165, 1.54) is 12.1 Å². The van der Waals surface area contributed by atoms with E-state index in [2.05, 4.69) is 12.5 Å². The van der Waals surface area contributed by atoms with Gasteiger partial charge in [-0.1, -0.05) is 30.8 Å². The highest BCUT2D eigenvalue weighted by Crippen LogP contribution is 2.19. The fourth-order valence-electron chi connectivity index (χ4n) is 2.05. The zero-order valence-corrected chi connectivity index (χ0v) is 15.1. The second-order valence-corrected chi connectivity index (χ2v) is 5.54. The van der Waals surface area contributed by atoms with Gasteiger partial charge in [-0.3, -0.25) is 0 Å². The molecule has 0 spiro atoms. The molecule has 0 amide bonds. The first-order chi connectivity index (χ1) is 13.3. The number of quaternary nitrogens is 1. The van der Waals surface area contributed by atoms with E-state index in [0.29, 0.717) is 13.2 Å². The molecule has 28 heavy (non-hydrogen) atoms. The first kappa shape index (κ1) is 22.4. The second kappa shape index (κ2) is 11.9.